The molecule has 0 saturated carbocycles. The quantitative estimate of drug-likeness (QED) is 0.321. The van der Waals surface area contributed by atoms with Crippen LogP contribution in [0, 0.1) is 13.8 Å². The zero-order valence-electron chi connectivity index (χ0n) is 21.5. The lowest BCUT2D eigenvalue weighted by atomic mass is 10.0. The Bertz CT molecular complexity index is 1560. The Morgan fingerprint density at radius 1 is 0.947 bits per heavy atom. The maximum absolute atomic E-state index is 13.2. The molecule has 38 heavy (non-hydrogen) atoms. The van der Waals surface area contributed by atoms with Gasteiger partial charge in [0.1, 0.15) is 24.0 Å². The van der Waals surface area contributed by atoms with E-state index in [9.17, 15) is 9.59 Å². The molecule has 0 bridgehead atoms. The Morgan fingerprint density at radius 2 is 1.76 bits per heavy atom. The number of rotatable bonds is 6. The number of aryl methyl sites for hydroxylation is 2. The van der Waals surface area contributed by atoms with Crippen molar-refractivity contribution in [2.75, 3.05) is 24.7 Å². The van der Waals surface area contributed by atoms with Gasteiger partial charge in [-0.05, 0) is 67.3 Å². The van der Waals surface area contributed by atoms with Crippen LogP contribution in [-0.2, 0) is 24.1 Å². The van der Waals surface area contributed by atoms with E-state index in [1.54, 1.807) is 11.3 Å². The van der Waals surface area contributed by atoms with Gasteiger partial charge in [0.15, 0.2) is 11.5 Å². The van der Waals surface area contributed by atoms with E-state index in [1.165, 1.54) is 0 Å². The van der Waals surface area contributed by atoms with Gasteiger partial charge in [-0.2, -0.15) is 0 Å². The molecule has 6 rings (SSSR count). The van der Waals surface area contributed by atoms with Crippen LogP contribution in [0.2, 0.25) is 0 Å². The van der Waals surface area contributed by atoms with Crippen molar-refractivity contribution in [2.24, 2.45) is 0 Å². The number of aromatic nitrogens is 1. The first-order chi connectivity index (χ1) is 18.5. The highest BCUT2D eigenvalue weighted by Gasteiger charge is 2.27. The van der Waals surface area contributed by atoms with E-state index in [0.29, 0.717) is 38.3 Å². The van der Waals surface area contributed by atoms with E-state index in [-0.39, 0.29) is 11.7 Å². The van der Waals surface area contributed by atoms with Crippen molar-refractivity contribution in [3.05, 3.63) is 92.8 Å². The number of Topliss-reactive ketones (excluding diaryl/α,β-unsaturated/α-hetero) is 1. The fourth-order valence-corrected chi connectivity index (χ4v) is 6.15. The molecule has 0 N–H and O–H groups in total. The first-order valence-electron chi connectivity index (χ1n) is 12.8. The summed E-state index contributed by atoms with van der Waals surface area (Å²) in [5.41, 5.74) is 6.67. The number of anilines is 1. The molecule has 0 unspecified atom stereocenters. The Hall–Kier alpha value is -3.97. The second-order valence-corrected chi connectivity index (χ2v) is 11.0. The van der Waals surface area contributed by atoms with Crippen LogP contribution in [0.5, 0.6) is 11.5 Å². The maximum Gasteiger partial charge on any atom is 0.258 e. The van der Waals surface area contributed by atoms with Crippen LogP contribution in [0.15, 0.2) is 60.7 Å². The molecule has 0 aliphatic carbocycles. The summed E-state index contributed by atoms with van der Waals surface area (Å²) in [7, 11) is 0. The largest absolute Gasteiger partial charge is 0.486 e. The third kappa shape index (κ3) is 4.70. The van der Waals surface area contributed by atoms with Crippen LogP contribution in [0.3, 0.4) is 0 Å². The Balaban J connectivity index is 1.16. The van der Waals surface area contributed by atoms with Crippen molar-refractivity contribution in [2.45, 2.75) is 33.1 Å². The number of nitrogens with zero attached hydrogens (tertiary/aromatic N) is 2. The number of ketones is 1. The highest BCUT2D eigenvalue weighted by atomic mass is 32.1. The Labute approximate surface area is 225 Å². The van der Waals surface area contributed by atoms with Gasteiger partial charge in [-0.1, -0.05) is 30.3 Å². The molecule has 6 nitrogen and oxygen atoms in total. The molecule has 1 amide bonds. The van der Waals surface area contributed by atoms with Crippen molar-refractivity contribution in [3.8, 4) is 22.8 Å². The Morgan fingerprint density at radius 3 is 2.61 bits per heavy atom. The van der Waals surface area contributed by atoms with Gasteiger partial charge in [-0.25, -0.2) is 4.98 Å². The van der Waals surface area contributed by atoms with Gasteiger partial charge in [0.2, 0.25) is 0 Å². The summed E-state index contributed by atoms with van der Waals surface area (Å²) in [5, 5.41) is 0.817. The predicted octanol–water partition coefficient (Wildman–Crippen LogP) is 5.76. The number of amides is 1. The molecular weight excluding hydrogens is 496 g/mol. The molecule has 0 atom stereocenters. The molecular formula is C31H28N2O4S. The number of ether oxygens (including phenoxy) is 2. The molecule has 3 heterocycles. The van der Waals surface area contributed by atoms with Crippen molar-refractivity contribution < 1.29 is 19.1 Å². The van der Waals surface area contributed by atoms with Crippen LogP contribution in [0.4, 0.5) is 5.69 Å². The highest BCUT2D eigenvalue weighted by molar-refractivity contribution is 7.12. The summed E-state index contributed by atoms with van der Waals surface area (Å²) < 4.78 is 11.2. The molecule has 0 radical (unpaired) electrons. The lowest BCUT2D eigenvalue weighted by Gasteiger charge is -2.18. The van der Waals surface area contributed by atoms with E-state index >= 15 is 0 Å². The number of carbonyl (C=O) groups is 2. The second kappa shape index (κ2) is 10.1. The summed E-state index contributed by atoms with van der Waals surface area (Å²) >= 11 is 1.57. The molecule has 0 saturated heterocycles. The van der Waals surface area contributed by atoms with E-state index in [0.717, 1.165) is 61.3 Å². The van der Waals surface area contributed by atoms with Gasteiger partial charge in [0, 0.05) is 34.7 Å². The third-order valence-corrected chi connectivity index (χ3v) is 8.04. The zero-order chi connectivity index (χ0) is 26.2. The standard InChI is InChI=1S/C31H28N2O4S/c1-19-5-3-4-6-25(19)31(35)33-12-11-22-17-23(8-9-26(22)33)30-20(2)38-29(32-30)18-24(34)15-21-7-10-27-28(16-21)37-14-13-36-27/h3-10,16-17H,11-15,18H2,1-2H3. The average molecular weight is 525 g/mol. The van der Waals surface area contributed by atoms with Gasteiger partial charge in [0.05, 0.1) is 12.1 Å². The smallest absolute Gasteiger partial charge is 0.258 e. The molecule has 0 fully saturated rings. The normalized spacial score (nSPS) is 13.9. The predicted molar refractivity (Wildman–Crippen MR) is 149 cm³/mol. The van der Waals surface area contributed by atoms with Crippen LogP contribution in [0.1, 0.15) is 36.9 Å². The summed E-state index contributed by atoms with van der Waals surface area (Å²) in [5.74, 6) is 1.58. The molecule has 192 valence electrons. The summed E-state index contributed by atoms with van der Waals surface area (Å²) in [6.45, 7) is 5.75. The maximum atomic E-state index is 13.2. The van der Waals surface area contributed by atoms with Gasteiger partial charge in [-0.15, -0.1) is 11.3 Å². The third-order valence-electron chi connectivity index (χ3n) is 7.07. The molecule has 2 aliphatic heterocycles. The van der Waals surface area contributed by atoms with Gasteiger partial charge in [0.25, 0.3) is 5.91 Å². The first-order valence-corrected chi connectivity index (χ1v) is 13.7. The van der Waals surface area contributed by atoms with E-state index in [2.05, 4.69) is 6.07 Å². The van der Waals surface area contributed by atoms with Gasteiger partial charge < -0.3 is 14.4 Å². The number of carbonyl (C=O) groups excluding carboxylic acids is 2. The average Bonchev–Trinajstić information content (AvgIpc) is 3.51. The van der Waals surface area contributed by atoms with Gasteiger partial charge >= 0.3 is 0 Å². The van der Waals surface area contributed by atoms with Crippen LogP contribution >= 0.6 is 11.3 Å². The minimum Gasteiger partial charge on any atom is -0.486 e. The van der Waals surface area contributed by atoms with Crippen molar-refractivity contribution in [1.29, 1.82) is 0 Å². The van der Waals surface area contributed by atoms with Gasteiger partial charge in [-0.3, -0.25) is 9.59 Å². The summed E-state index contributed by atoms with van der Waals surface area (Å²) in [4.78, 5) is 33.9. The lowest BCUT2D eigenvalue weighted by molar-refractivity contribution is -0.117. The topological polar surface area (TPSA) is 68.7 Å². The Kier molecular flexibility index (Phi) is 6.45. The lowest BCUT2D eigenvalue weighted by Crippen LogP contribution is -2.29. The number of fused-ring (bicyclic) bond motifs is 2. The number of hydrogen-bond donors (Lipinski definition) is 0. The zero-order valence-corrected chi connectivity index (χ0v) is 22.3. The molecule has 1 aromatic heterocycles. The summed E-state index contributed by atoms with van der Waals surface area (Å²) in [6.07, 6.45) is 1.43. The fraction of sp³-hybridized carbons (Fsp3) is 0.258. The number of benzene rings is 3. The van der Waals surface area contributed by atoms with Crippen LogP contribution in [-0.4, -0.2) is 36.4 Å². The monoisotopic (exact) mass is 524 g/mol. The molecule has 2 aliphatic rings. The van der Waals surface area contributed by atoms with Crippen LogP contribution in [0.25, 0.3) is 11.3 Å². The molecule has 3 aromatic carbocycles. The number of hydrogen-bond acceptors (Lipinski definition) is 6. The second-order valence-electron chi connectivity index (χ2n) is 9.75. The summed E-state index contributed by atoms with van der Waals surface area (Å²) in [6, 6.07) is 19.6. The minimum absolute atomic E-state index is 0.0400. The van der Waals surface area contributed by atoms with E-state index in [1.807, 2.05) is 73.3 Å². The van der Waals surface area contributed by atoms with Crippen LogP contribution < -0.4 is 14.4 Å². The molecule has 7 heteroatoms. The first kappa shape index (κ1) is 24.4. The molecule has 0 spiro atoms. The fourth-order valence-electron chi connectivity index (χ4n) is 5.17. The minimum atomic E-state index is 0.0400. The van der Waals surface area contributed by atoms with Crippen molar-refractivity contribution in [1.82, 2.24) is 4.98 Å². The van der Waals surface area contributed by atoms with E-state index in [4.69, 9.17) is 14.5 Å². The number of thiazole rings is 1. The molecule has 4 aromatic rings. The van der Waals surface area contributed by atoms with Crippen molar-refractivity contribution in [3.63, 3.8) is 0 Å². The van der Waals surface area contributed by atoms with Crippen molar-refractivity contribution >= 4 is 28.7 Å². The SMILES string of the molecule is Cc1ccccc1C(=O)N1CCc2cc(-c3nc(CC(=O)Cc4ccc5c(c4)OCCO5)sc3C)ccc21. The highest BCUT2D eigenvalue weighted by Crippen LogP contribution is 2.36. The van der Waals surface area contributed by atoms with E-state index < -0.39 is 0 Å².